The summed E-state index contributed by atoms with van der Waals surface area (Å²) < 4.78 is 1.84. The van der Waals surface area contributed by atoms with Crippen LogP contribution in [0.15, 0.2) is 64.5 Å². The Kier molecular flexibility index (Phi) is 6.23. The van der Waals surface area contributed by atoms with Crippen molar-refractivity contribution in [2.24, 2.45) is 0 Å². The van der Waals surface area contributed by atoms with Crippen molar-refractivity contribution in [3.05, 3.63) is 65.0 Å². The molecule has 156 valence electrons. The third-order valence-corrected chi connectivity index (χ3v) is 6.55. The Hall–Kier alpha value is -2.60. The molecule has 0 bridgehead atoms. The monoisotopic (exact) mass is 421 g/mol. The summed E-state index contributed by atoms with van der Waals surface area (Å²) in [5.74, 6) is 0.256. The summed E-state index contributed by atoms with van der Waals surface area (Å²) in [4.78, 5) is 33.0. The van der Waals surface area contributed by atoms with Gasteiger partial charge in [0, 0.05) is 17.8 Å². The first-order chi connectivity index (χ1) is 14.6. The van der Waals surface area contributed by atoms with E-state index < -0.39 is 0 Å². The molecular formula is C24H27N3O2S. The largest absolute Gasteiger partial charge is 0.309 e. The van der Waals surface area contributed by atoms with Gasteiger partial charge in [-0.25, -0.2) is 4.98 Å². The van der Waals surface area contributed by atoms with Crippen LogP contribution < -0.4 is 10.5 Å². The number of hydrogen-bond acceptors (Lipinski definition) is 4. The Morgan fingerprint density at radius 1 is 1.10 bits per heavy atom. The molecule has 5 nitrogen and oxygen atoms in total. The molecular weight excluding hydrogens is 394 g/mol. The minimum Gasteiger partial charge on any atom is -0.309 e. The number of amides is 1. The zero-order chi connectivity index (χ0) is 21.1. The lowest BCUT2D eigenvalue weighted by atomic mass is 10.2. The van der Waals surface area contributed by atoms with Crippen LogP contribution in [0.25, 0.3) is 10.9 Å². The van der Waals surface area contributed by atoms with Crippen molar-refractivity contribution < 1.29 is 4.79 Å². The second kappa shape index (κ2) is 9.04. The zero-order valence-electron chi connectivity index (χ0n) is 17.5. The average molecular weight is 422 g/mol. The lowest BCUT2D eigenvalue weighted by Crippen LogP contribution is -2.38. The van der Waals surface area contributed by atoms with Gasteiger partial charge in [-0.3, -0.25) is 14.2 Å². The topological polar surface area (TPSA) is 55.2 Å². The number of carbonyl (C=O) groups is 1. The van der Waals surface area contributed by atoms with Crippen LogP contribution in [0.5, 0.6) is 0 Å². The maximum atomic E-state index is 13.3. The summed E-state index contributed by atoms with van der Waals surface area (Å²) in [6.07, 6.45) is 4.23. The molecule has 1 amide bonds. The van der Waals surface area contributed by atoms with E-state index in [2.05, 4.69) is 0 Å². The number of hydrogen-bond donors (Lipinski definition) is 0. The predicted octanol–water partition coefficient (Wildman–Crippen LogP) is 5.05. The number of para-hydroxylation sites is 2. The highest BCUT2D eigenvalue weighted by atomic mass is 32.2. The highest BCUT2D eigenvalue weighted by Gasteiger charge is 2.25. The zero-order valence-corrected chi connectivity index (χ0v) is 18.3. The molecule has 0 spiro atoms. The van der Waals surface area contributed by atoms with E-state index in [0.29, 0.717) is 16.1 Å². The second-order valence-corrected chi connectivity index (χ2v) is 8.95. The Balaban J connectivity index is 1.65. The number of aromatic nitrogens is 2. The van der Waals surface area contributed by atoms with Gasteiger partial charge in [-0.15, -0.1) is 0 Å². The van der Waals surface area contributed by atoms with Crippen molar-refractivity contribution in [3.8, 4) is 0 Å². The summed E-state index contributed by atoms with van der Waals surface area (Å²) in [5, 5.41) is 1.30. The minimum atomic E-state index is 0.00576. The van der Waals surface area contributed by atoms with Crippen LogP contribution in [0.4, 0.5) is 5.69 Å². The lowest BCUT2D eigenvalue weighted by molar-refractivity contribution is -0.116. The number of thioether (sulfide) groups is 1. The van der Waals surface area contributed by atoms with Crippen molar-refractivity contribution in [1.29, 1.82) is 0 Å². The van der Waals surface area contributed by atoms with Crippen LogP contribution in [0, 0.1) is 0 Å². The number of carbonyl (C=O) groups excluding carboxylic acids is 1. The van der Waals surface area contributed by atoms with Crippen LogP contribution in [0.3, 0.4) is 0 Å². The van der Waals surface area contributed by atoms with E-state index in [1.807, 2.05) is 77.9 Å². The number of benzene rings is 2. The summed E-state index contributed by atoms with van der Waals surface area (Å²) in [6, 6.07) is 17.4. The maximum Gasteiger partial charge on any atom is 0.262 e. The van der Waals surface area contributed by atoms with Crippen LogP contribution in [0.1, 0.15) is 45.6 Å². The molecule has 0 N–H and O–H groups in total. The van der Waals surface area contributed by atoms with Gasteiger partial charge in [-0.1, -0.05) is 54.9 Å². The van der Waals surface area contributed by atoms with Gasteiger partial charge in [0.1, 0.15) is 0 Å². The van der Waals surface area contributed by atoms with Crippen LogP contribution in [-0.4, -0.2) is 27.3 Å². The van der Waals surface area contributed by atoms with Gasteiger partial charge in [-0.2, -0.15) is 0 Å². The molecule has 1 fully saturated rings. The molecule has 1 aliphatic rings. The van der Waals surface area contributed by atoms with Crippen LogP contribution >= 0.6 is 11.8 Å². The van der Waals surface area contributed by atoms with E-state index in [-0.39, 0.29) is 29.3 Å². The van der Waals surface area contributed by atoms with E-state index in [0.717, 1.165) is 31.4 Å². The third-order valence-electron chi connectivity index (χ3n) is 5.61. The number of rotatable bonds is 6. The molecule has 6 heteroatoms. The van der Waals surface area contributed by atoms with Gasteiger partial charge < -0.3 is 4.90 Å². The van der Waals surface area contributed by atoms with Crippen LogP contribution in [0.2, 0.25) is 0 Å². The van der Waals surface area contributed by atoms with Gasteiger partial charge in [-0.05, 0) is 51.0 Å². The van der Waals surface area contributed by atoms with Gasteiger partial charge in [0.2, 0.25) is 5.91 Å². The van der Waals surface area contributed by atoms with Crippen molar-refractivity contribution >= 4 is 34.3 Å². The first-order valence-corrected chi connectivity index (χ1v) is 11.6. The minimum absolute atomic E-state index is 0.00576. The molecule has 1 aromatic heterocycles. The molecule has 0 aliphatic heterocycles. The van der Waals surface area contributed by atoms with E-state index in [1.54, 1.807) is 0 Å². The van der Waals surface area contributed by atoms with E-state index >= 15 is 0 Å². The molecule has 0 saturated heterocycles. The third kappa shape index (κ3) is 4.15. The molecule has 1 saturated carbocycles. The fraction of sp³-hybridized carbons (Fsp3) is 0.375. The summed E-state index contributed by atoms with van der Waals surface area (Å²) >= 11 is 1.37. The normalized spacial score (nSPS) is 14.5. The van der Waals surface area contributed by atoms with E-state index in [9.17, 15) is 9.59 Å². The summed E-state index contributed by atoms with van der Waals surface area (Å²) in [7, 11) is 0. The van der Waals surface area contributed by atoms with E-state index in [1.165, 1.54) is 11.8 Å². The lowest BCUT2D eigenvalue weighted by Gasteiger charge is -2.27. The molecule has 4 rings (SSSR count). The summed E-state index contributed by atoms with van der Waals surface area (Å²) in [6.45, 7) is 4.02. The Bertz CT molecular complexity index is 1090. The molecule has 3 aromatic rings. The predicted molar refractivity (Wildman–Crippen MR) is 123 cm³/mol. The SMILES string of the molecule is CC(C)N(C(=O)CSc1nc2ccccc2c(=O)n1C1CCCC1)c1ccccc1. The molecule has 0 atom stereocenters. The number of anilines is 1. The van der Waals surface area contributed by atoms with Gasteiger partial charge in [0.05, 0.1) is 16.7 Å². The first-order valence-electron chi connectivity index (χ1n) is 10.6. The Labute approximate surface area is 181 Å². The molecule has 1 aliphatic carbocycles. The van der Waals surface area contributed by atoms with Crippen molar-refractivity contribution in [2.45, 2.75) is 56.8 Å². The fourth-order valence-electron chi connectivity index (χ4n) is 4.23. The number of fused-ring (bicyclic) bond motifs is 1. The van der Waals surface area contributed by atoms with Crippen LogP contribution in [-0.2, 0) is 4.79 Å². The molecule has 0 radical (unpaired) electrons. The van der Waals surface area contributed by atoms with E-state index in [4.69, 9.17) is 4.98 Å². The highest BCUT2D eigenvalue weighted by Crippen LogP contribution is 2.32. The van der Waals surface area contributed by atoms with Crippen molar-refractivity contribution in [2.75, 3.05) is 10.7 Å². The molecule has 0 unspecified atom stereocenters. The smallest absolute Gasteiger partial charge is 0.262 e. The highest BCUT2D eigenvalue weighted by molar-refractivity contribution is 7.99. The van der Waals surface area contributed by atoms with Crippen molar-refractivity contribution in [3.63, 3.8) is 0 Å². The van der Waals surface area contributed by atoms with Gasteiger partial charge in [0.15, 0.2) is 5.16 Å². The van der Waals surface area contributed by atoms with Gasteiger partial charge in [0.25, 0.3) is 5.56 Å². The Morgan fingerprint density at radius 3 is 2.47 bits per heavy atom. The quantitative estimate of drug-likeness (QED) is 0.413. The fourth-order valence-corrected chi connectivity index (χ4v) is 5.15. The number of nitrogens with zero attached hydrogens (tertiary/aromatic N) is 3. The standard InChI is InChI=1S/C24H27N3O2S/c1-17(2)26(18-10-4-3-5-11-18)22(28)16-30-24-25-21-15-9-8-14-20(21)23(29)27(24)19-12-6-7-13-19/h3-5,8-11,14-15,17,19H,6-7,12-13,16H2,1-2H3. The Morgan fingerprint density at radius 2 is 1.77 bits per heavy atom. The molecule has 30 heavy (non-hydrogen) atoms. The maximum absolute atomic E-state index is 13.3. The molecule has 1 heterocycles. The molecule has 2 aromatic carbocycles. The second-order valence-electron chi connectivity index (χ2n) is 8.01. The van der Waals surface area contributed by atoms with Crippen molar-refractivity contribution in [1.82, 2.24) is 9.55 Å². The average Bonchev–Trinajstić information content (AvgIpc) is 3.27. The van der Waals surface area contributed by atoms with Gasteiger partial charge >= 0.3 is 0 Å². The first kappa shape index (κ1) is 20.7. The summed E-state index contributed by atoms with van der Waals surface area (Å²) in [5.41, 5.74) is 1.58.